The van der Waals surface area contributed by atoms with Crippen LogP contribution in [0.2, 0.25) is 0 Å². The van der Waals surface area contributed by atoms with Gasteiger partial charge in [-0.2, -0.15) is 0 Å². The van der Waals surface area contributed by atoms with Gasteiger partial charge in [-0.25, -0.2) is 0 Å². The second-order valence-corrected chi connectivity index (χ2v) is 4.97. The molecule has 0 aromatic carbocycles. The molecule has 0 bridgehead atoms. The zero-order valence-corrected chi connectivity index (χ0v) is 12.4. The van der Waals surface area contributed by atoms with Gasteiger partial charge in [0.2, 0.25) is 0 Å². The van der Waals surface area contributed by atoms with Crippen LogP contribution < -0.4 is 10.6 Å². The van der Waals surface area contributed by atoms with Crippen molar-refractivity contribution < 1.29 is 0 Å². The molecule has 0 aliphatic heterocycles. The molecule has 1 unspecified atom stereocenters. The third kappa shape index (κ3) is 7.95. The summed E-state index contributed by atoms with van der Waals surface area (Å²) in [6.07, 6.45) is 9.73. The maximum absolute atomic E-state index is 3.94. The minimum absolute atomic E-state index is 0.706. The smallest absolute Gasteiger partial charge is 0.0692 e. The fourth-order valence-corrected chi connectivity index (χ4v) is 2.16. The predicted octanol–water partition coefficient (Wildman–Crippen LogP) is 1.82. The monoisotopic (exact) mass is 267 g/mol. The van der Waals surface area contributed by atoms with Crippen molar-refractivity contribution in [2.45, 2.75) is 58.5 Å². The van der Waals surface area contributed by atoms with Gasteiger partial charge < -0.3 is 10.6 Å². The normalized spacial score (nSPS) is 12.7. The molecule has 5 heteroatoms. The van der Waals surface area contributed by atoms with Crippen molar-refractivity contribution in [2.24, 2.45) is 0 Å². The van der Waals surface area contributed by atoms with E-state index >= 15 is 0 Å². The SMILES string of the molecule is CCCC(CC)NCCCNCCCn1ccnn1. The zero-order valence-electron chi connectivity index (χ0n) is 12.4. The average molecular weight is 267 g/mol. The number of aromatic nitrogens is 3. The Kier molecular flexibility index (Phi) is 9.27. The van der Waals surface area contributed by atoms with Crippen LogP contribution in [-0.4, -0.2) is 40.7 Å². The molecule has 1 atom stereocenters. The van der Waals surface area contributed by atoms with Gasteiger partial charge >= 0.3 is 0 Å². The summed E-state index contributed by atoms with van der Waals surface area (Å²) in [7, 11) is 0. The lowest BCUT2D eigenvalue weighted by Gasteiger charge is -2.15. The first-order chi connectivity index (χ1) is 9.36. The highest BCUT2D eigenvalue weighted by molar-refractivity contribution is 4.65. The van der Waals surface area contributed by atoms with E-state index in [1.807, 2.05) is 10.9 Å². The predicted molar refractivity (Wildman–Crippen MR) is 79.1 cm³/mol. The molecule has 0 saturated carbocycles. The fraction of sp³-hybridized carbons (Fsp3) is 0.857. The molecule has 1 aromatic heterocycles. The van der Waals surface area contributed by atoms with Crippen molar-refractivity contribution in [1.82, 2.24) is 25.6 Å². The van der Waals surface area contributed by atoms with Gasteiger partial charge in [0.1, 0.15) is 0 Å². The molecule has 1 heterocycles. The van der Waals surface area contributed by atoms with Crippen LogP contribution in [0.1, 0.15) is 46.0 Å². The summed E-state index contributed by atoms with van der Waals surface area (Å²) in [5.74, 6) is 0. The molecular weight excluding hydrogens is 238 g/mol. The van der Waals surface area contributed by atoms with Crippen LogP contribution in [0.3, 0.4) is 0 Å². The highest BCUT2D eigenvalue weighted by Gasteiger charge is 2.02. The molecule has 0 aliphatic carbocycles. The molecule has 19 heavy (non-hydrogen) atoms. The molecule has 0 saturated heterocycles. The van der Waals surface area contributed by atoms with Crippen LogP contribution in [0, 0.1) is 0 Å². The van der Waals surface area contributed by atoms with E-state index in [9.17, 15) is 0 Å². The van der Waals surface area contributed by atoms with E-state index in [0.717, 1.165) is 32.6 Å². The molecule has 0 spiro atoms. The van der Waals surface area contributed by atoms with Crippen LogP contribution in [0.15, 0.2) is 12.4 Å². The highest BCUT2D eigenvalue weighted by Crippen LogP contribution is 2.00. The van der Waals surface area contributed by atoms with Gasteiger partial charge in [-0.1, -0.05) is 25.5 Å². The van der Waals surface area contributed by atoms with Gasteiger partial charge in [0.25, 0.3) is 0 Å². The number of rotatable bonds is 12. The number of hydrogen-bond donors (Lipinski definition) is 2. The van der Waals surface area contributed by atoms with Crippen molar-refractivity contribution in [3.63, 3.8) is 0 Å². The van der Waals surface area contributed by atoms with Gasteiger partial charge in [-0.3, -0.25) is 4.68 Å². The molecule has 0 amide bonds. The highest BCUT2D eigenvalue weighted by atomic mass is 15.4. The topological polar surface area (TPSA) is 54.8 Å². The van der Waals surface area contributed by atoms with Crippen molar-refractivity contribution in [2.75, 3.05) is 19.6 Å². The second kappa shape index (κ2) is 10.9. The minimum atomic E-state index is 0.706. The Bertz CT molecular complexity index is 286. The number of aryl methyl sites for hydroxylation is 1. The lowest BCUT2D eigenvalue weighted by molar-refractivity contribution is 0.451. The summed E-state index contributed by atoms with van der Waals surface area (Å²) >= 11 is 0. The van der Waals surface area contributed by atoms with Crippen molar-refractivity contribution in [3.8, 4) is 0 Å². The van der Waals surface area contributed by atoms with Crippen LogP contribution in [0.25, 0.3) is 0 Å². The van der Waals surface area contributed by atoms with Gasteiger partial charge in [0, 0.05) is 18.8 Å². The molecular formula is C14H29N5. The minimum Gasteiger partial charge on any atom is -0.317 e. The third-order valence-electron chi connectivity index (χ3n) is 3.31. The number of nitrogens with one attached hydrogen (secondary N) is 2. The standard InChI is InChI=1S/C14H29N5/c1-3-7-14(4-2)16-10-5-8-15-9-6-12-19-13-11-17-18-19/h11,13-16H,3-10,12H2,1-2H3. The van der Waals surface area contributed by atoms with Gasteiger partial charge in [0.15, 0.2) is 0 Å². The van der Waals surface area contributed by atoms with Crippen molar-refractivity contribution >= 4 is 0 Å². The Labute approximate surface area is 117 Å². The molecule has 0 aliphatic rings. The van der Waals surface area contributed by atoms with Crippen LogP contribution in [0.5, 0.6) is 0 Å². The molecule has 0 radical (unpaired) electrons. The first-order valence-electron chi connectivity index (χ1n) is 7.65. The summed E-state index contributed by atoms with van der Waals surface area (Å²) in [5.41, 5.74) is 0. The maximum Gasteiger partial charge on any atom is 0.0692 e. The summed E-state index contributed by atoms with van der Waals surface area (Å²) < 4.78 is 1.87. The summed E-state index contributed by atoms with van der Waals surface area (Å²) in [5, 5.41) is 14.8. The van der Waals surface area contributed by atoms with E-state index in [0.29, 0.717) is 6.04 Å². The third-order valence-corrected chi connectivity index (χ3v) is 3.31. The lowest BCUT2D eigenvalue weighted by Crippen LogP contribution is -2.31. The van der Waals surface area contributed by atoms with Gasteiger partial charge in [-0.15, -0.1) is 5.10 Å². The van der Waals surface area contributed by atoms with E-state index in [-0.39, 0.29) is 0 Å². The second-order valence-electron chi connectivity index (χ2n) is 4.97. The van der Waals surface area contributed by atoms with Crippen LogP contribution >= 0.6 is 0 Å². The van der Waals surface area contributed by atoms with Gasteiger partial charge in [-0.05, 0) is 45.3 Å². The van der Waals surface area contributed by atoms with E-state index in [1.165, 1.54) is 25.7 Å². The molecule has 110 valence electrons. The molecule has 2 N–H and O–H groups in total. The van der Waals surface area contributed by atoms with E-state index < -0.39 is 0 Å². The Morgan fingerprint density at radius 1 is 1.16 bits per heavy atom. The van der Waals surface area contributed by atoms with Crippen LogP contribution in [-0.2, 0) is 6.54 Å². The summed E-state index contributed by atoms with van der Waals surface area (Å²) in [4.78, 5) is 0. The summed E-state index contributed by atoms with van der Waals surface area (Å²) in [6.45, 7) is 8.71. The van der Waals surface area contributed by atoms with E-state index in [1.54, 1.807) is 6.20 Å². The van der Waals surface area contributed by atoms with E-state index in [4.69, 9.17) is 0 Å². The first kappa shape index (κ1) is 16.1. The lowest BCUT2D eigenvalue weighted by atomic mass is 10.1. The summed E-state index contributed by atoms with van der Waals surface area (Å²) in [6, 6.07) is 0.706. The average Bonchev–Trinajstić information content (AvgIpc) is 2.93. The molecule has 1 rings (SSSR count). The molecule has 1 aromatic rings. The molecule has 5 nitrogen and oxygen atoms in total. The Morgan fingerprint density at radius 2 is 2.00 bits per heavy atom. The van der Waals surface area contributed by atoms with Crippen molar-refractivity contribution in [1.29, 1.82) is 0 Å². The van der Waals surface area contributed by atoms with Crippen LogP contribution in [0.4, 0.5) is 0 Å². The Hall–Kier alpha value is -0.940. The van der Waals surface area contributed by atoms with Crippen molar-refractivity contribution in [3.05, 3.63) is 12.4 Å². The number of hydrogen-bond acceptors (Lipinski definition) is 4. The maximum atomic E-state index is 3.94. The Morgan fingerprint density at radius 3 is 2.68 bits per heavy atom. The Balaban J connectivity index is 1.85. The first-order valence-corrected chi connectivity index (χ1v) is 7.65. The zero-order chi connectivity index (χ0) is 13.8. The molecule has 0 fully saturated rings. The largest absolute Gasteiger partial charge is 0.317 e. The quantitative estimate of drug-likeness (QED) is 0.567. The fourth-order valence-electron chi connectivity index (χ4n) is 2.16. The number of nitrogens with zero attached hydrogens (tertiary/aromatic N) is 3. The van der Waals surface area contributed by atoms with Gasteiger partial charge in [0.05, 0.1) is 6.20 Å². The van der Waals surface area contributed by atoms with E-state index in [2.05, 4.69) is 34.8 Å².